The second-order valence-electron chi connectivity index (χ2n) is 10.1. The molecule has 0 bridgehead atoms. The highest BCUT2D eigenvalue weighted by Gasteiger charge is 2.36. The quantitative estimate of drug-likeness (QED) is 0.369. The molecule has 2 aromatic carbocycles. The number of hydrogen-bond acceptors (Lipinski definition) is 4. The fourth-order valence-corrected chi connectivity index (χ4v) is 4.76. The first kappa shape index (κ1) is 26.7. The second kappa shape index (κ2) is 11.4. The summed E-state index contributed by atoms with van der Waals surface area (Å²) in [6.07, 6.45) is 2.81. The van der Waals surface area contributed by atoms with Crippen LogP contribution in [0, 0.1) is 37.2 Å². The molecule has 9 heteroatoms. The highest BCUT2D eigenvalue weighted by Crippen LogP contribution is 2.34. The van der Waals surface area contributed by atoms with Crippen LogP contribution in [0.15, 0.2) is 30.3 Å². The number of amides is 2. The predicted octanol–water partition coefficient (Wildman–Crippen LogP) is 4.63. The monoisotopic (exact) mass is 516 g/mol. The maximum atomic E-state index is 14.2. The second-order valence-corrected chi connectivity index (χ2v) is 10.1. The molecule has 1 saturated heterocycles. The zero-order valence-corrected chi connectivity index (χ0v) is 21.0. The fourth-order valence-electron chi connectivity index (χ4n) is 4.76. The van der Waals surface area contributed by atoms with E-state index in [9.17, 15) is 27.6 Å². The minimum absolute atomic E-state index is 0.0998. The lowest BCUT2D eigenvalue weighted by molar-refractivity contribution is -0.149. The smallest absolute Gasteiger partial charge is 0.328 e. The van der Waals surface area contributed by atoms with Crippen LogP contribution in [-0.2, 0) is 32.3 Å². The van der Waals surface area contributed by atoms with Crippen LogP contribution in [0.25, 0.3) is 0 Å². The third-order valence-electron chi connectivity index (χ3n) is 7.04. The lowest BCUT2D eigenvalue weighted by Gasteiger charge is -2.26. The standard InChI is InChI=1S/C28H31F3N2O4/c1-16-3-6-19(17(2)9-16)15-37-28(36)24(10-18-4-5-18)32-25(34)13-22-7-8-26(35)33(22)14-20-11-21(29)12-23(30)27(20)31/h3,6,9,11-12,18,22,24H,4-5,7-8,10,13-15H2,1-2H3,(H,32,34)/t22-,24-/m0/s1. The SMILES string of the molecule is Cc1ccc(COC(=O)[C@H](CC2CC2)NC(=O)C[C@@H]2CCC(=O)N2Cc2cc(F)cc(F)c2F)c(C)c1. The third-order valence-corrected chi connectivity index (χ3v) is 7.04. The molecule has 1 heterocycles. The van der Waals surface area contributed by atoms with E-state index in [0.29, 0.717) is 24.8 Å². The topological polar surface area (TPSA) is 75.7 Å². The number of ether oxygens (including phenoxy) is 1. The third kappa shape index (κ3) is 6.90. The van der Waals surface area contributed by atoms with Gasteiger partial charge in [-0.3, -0.25) is 9.59 Å². The van der Waals surface area contributed by atoms with Crippen LogP contribution in [0.1, 0.15) is 60.8 Å². The number of aryl methyl sites for hydroxylation is 2. The molecule has 1 saturated carbocycles. The molecule has 1 N–H and O–H groups in total. The number of benzene rings is 2. The highest BCUT2D eigenvalue weighted by atomic mass is 19.2. The lowest BCUT2D eigenvalue weighted by Crippen LogP contribution is -2.44. The Kier molecular flexibility index (Phi) is 8.19. The van der Waals surface area contributed by atoms with Crippen molar-refractivity contribution >= 4 is 17.8 Å². The summed E-state index contributed by atoms with van der Waals surface area (Å²) in [5.74, 6) is -4.45. The van der Waals surface area contributed by atoms with Gasteiger partial charge in [-0.25, -0.2) is 18.0 Å². The van der Waals surface area contributed by atoms with E-state index < -0.39 is 41.4 Å². The van der Waals surface area contributed by atoms with E-state index >= 15 is 0 Å². The van der Waals surface area contributed by atoms with E-state index in [1.165, 1.54) is 4.90 Å². The Morgan fingerprint density at radius 1 is 1.08 bits per heavy atom. The molecule has 6 nitrogen and oxygen atoms in total. The van der Waals surface area contributed by atoms with Crippen molar-refractivity contribution in [2.24, 2.45) is 5.92 Å². The summed E-state index contributed by atoms with van der Waals surface area (Å²) in [4.78, 5) is 39.5. The van der Waals surface area contributed by atoms with Gasteiger partial charge in [0.2, 0.25) is 11.8 Å². The maximum Gasteiger partial charge on any atom is 0.328 e. The first-order valence-electron chi connectivity index (χ1n) is 12.6. The number of halogens is 3. The Labute approximate surface area is 214 Å². The first-order chi connectivity index (χ1) is 17.6. The van der Waals surface area contributed by atoms with E-state index in [-0.39, 0.29) is 37.5 Å². The van der Waals surface area contributed by atoms with Gasteiger partial charge in [0.25, 0.3) is 0 Å². The summed E-state index contributed by atoms with van der Waals surface area (Å²) < 4.78 is 46.9. The predicted molar refractivity (Wildman–Crippen MR) is 129 cm³/mol. The maximum absolute atomic E-state index is 14.2. The molecule has 0 unspecified atom stereocenters. The van der Waals surface area contributed by atoms with Crippen molar-refractivity contribution < 1.29 is 32.3 Å². The van der Waals surface area contributed by atoms with Gasteiger partial charge in [-0.1, -0.05) is 36.6 Å². The van der Waals surface area contributed by atoms with Crippen molar-refractivity contribution in [3.63, 3.8) is 0 Å². The van der Waals surface area contributed by atoms with Gasteiger partial charge in [-0.05, 0) is 49.8 Å². The van der Waals surface area contributed by atoms with Crippen LogP contribution in [0.2, 0.25) is 0 Å². The van der Waals surface area contributed by atoms with Gasteiger partial charge in [0.05, 0.1) is 0 Å². The molecule has 0 radical (unpaired) electrons. The number of esters is 1. The number of likely N-dealkylation sites (tertiary alicyclic amines) is 1. The summed E-state index contributed by atoms with van der Waals surface area (Å²) in [7, 11) is 0. The largest absolute Gasteiger partial charge is 0.459 e. The molecular formula is C28H31F3N2O4. The van der Waals surface area contributed by atoms with E-state index in [2.05, 4.69) is 5.32 Å². The van der Waals surface area contributed by atoms with Crippen molar-refractivity contribution in [1.29, 1.82) is 0 Å². The Morgan fingerprint density at radius 3 is 2.54 bits per heavy atom. The van der Waals surface area contributed by atoms with Crippen molar-refractivity contribution in [3.8, 4) is 0 Å². The summed E-state index contributed by atoms with van der Waals surface area (Å²) >= 11 is 0. The van der Waals surface area contributed by atoms with Gasteiger partial charge in [0.1, 0.15) is 18.5 Å². The van der Waals surface area contributed by atoms with Crippen LogP contribution in [0.5, 0.6) is 0 Å². The minimum Gasteiger partial charge on any atom is -0.459 e. The van der Waals surface area contributed by atoms with Crippen LogP contribution >= 0.6 is 0 Å². The van der Waals surface area contributed by atoms with Gasteiger partial charge in [-0.2, -0.15) is 0 Å². The molecule has 1 aliphatic carbocycles. The Hall–Kier alpha value is -3.36. The average molecular weight is 517 g/mol. The van der Waals surface area contributed by atoms with Crippen molar-refractivity contribution in [2.45, 2.75) is 77.6 Å². The van der Waals surface area contributed by atoms with Crippen molar-refractivity contribution in [2.75, 3.05) is 0 Å². The summed E-state index contributed by atoms with van der Waals surface area (Å²) in [5, 5.41) is 2.76. The van der Waals surface area contributed by atoms with Gasteiger partial charge in [-0.15, -0.1) is 0 Å². The molecule has 2 amide bonds. The zero-order valence-electron chi connectivity index (χ0n) is 21.0. The van der Waals surface area contributed by atoms with Crippen LogP contribution in [0.4, 0.5) is 13.2 Å². The number of carbonyl (C=O) groups is 3. The van der Waals surface area contributed by atoms with Gasteiger partial charge >= 0.3 is 5.97 Å². The van der Waals surface area contributed by atoms with Crippen LogP contribution in [0.3, 0.4) is 0 Å². The summed E-state index contributed by atoms with van der Waals surface area (Å²) in [6, 6.07) is 5.75. The number of carbonyl (C=O) groups excluding carboxylic acids is 3. The molecular weight excluding hydrogens is 485 g/mol. The molecule has 4 rings (SSSR count). The van der Waals surface area contributed by atoms with E-state index in [0.717, 1.165) is 35.6 Å². The molecule has 2 fully saturated rings. The fraction of sp³-hybridized carbons (Fsp3) is 0.464. The Morgan fingerprint density at radius 2 is 1.84 bits per heavy atom. The van der Waals surface area contributed by atoms with Crippen LogP contribution in [-0.4, -0.2) is 34.8 Å². The molecule has 0 spiro atoms. The lowest BCUT2D eigenvalue weighted by atomic mass is 10.1. The normalized spacial score (nSPS) is 18.1. The zero-order chi connectivity index (χ0) is 26.7. The Bertz CT molecular complexity index is 1200. The highest BCUT2D eigenvalue weighted by molar-refractivity contribution is 5.86. The minimum atomic E-state index is -1.33. The first-order valence-corrected chi connectivity index (χ1v) is 12.6. The van der Waals surface area contributed by atoms with Gasteiger partial charge in [0, 0.05) is 37.1 Å². The van der Waals surface area contributed by atoms with Crippen molar-refractivity contribution in [3.05, 3.63) is 70.0 Å². The molecule has 2 aliphatic rings. The van der Waals surface area contributed by atoms with E-state index in [1.807, 2.05) is 32.0 Å². The molecule has 37 heavy (non-hydrogen) atoms. The summed E-state index contributed by atoms with van der Waals surface area (Å²) in [5.41, 5.74) is 2.71. The molecule has 2 aromatic rings. The molecule has 2 atom stereocenters. The molecule has 198 valence electrons. The van der Waals surface area contributed by atoms with Crippen LogP contribution < -0.4 is 5.32 Å². The van der Waals surface area contributed by atoms with Gasteiger partial charge < -0.3 is 15.0 Å². The number of hydrogen-bond donors (Lipinski definition) is 1. The van der Waals surface area contributed by atoms with Crippen molar-refractivity contribution in [1.82, 2.24) is 10.2 Å². The summed E-state index contributed by atoms with van der Waals surface area (Å²) in [6.45, 7) is 3.68. The van der Waals surface area contributed by atoms with Gasteiger partial charge in [0.15, 0.2) is 11.6 Å². The Balaban J connectivity index is 1.38. The average Bonchev–Trinajstić information content (AvgIpc) is 3.59. The molecule has 0 aromatic heterocycles. The van der Waals surface area contributed by atoms with E-state index in [4.69, 9.17) is 4.74 Å². The number of nitrogens with zero attached hydrogens (tertiary/aromatic N) is 1. The number of rotatable bonds is 10. The molecule has 1 aliphatic heterocycles. The van der Waals surface area contributed by atoms with E-state index in [1.54, 1.807) is 0 Å². The number of nitrogens with one attached hydrogen (secondary N) is 1.